The van der Waals surface area contributed by atoms with Crippen LogP contribution in [0.25, 0.3) is 0 Å². The van der Waals surface area contributed by atoms with Crippen molar-refractivity contribution in [2.24, 2.45) is 11.8 Å². The number of likely N-dealkylation sites (tertiary alicyclic amines) is 1. The summed E-state index contributed by atoms with van der Waals surface area (Å²) in [7, 11) is 0. The molecule has 1 aromatic heterocycles. The van der Waals surface area contributed by atoms with Gasteiger partial charge in [0.2, 0.25) is 11.8 Å². The molecule has 0 spiro atoms. The minimum Gasteiger partial charge on any atom is -0.347 e. The second-order valence-electron chi connectivity index (χ2n) is 7.70. The molecule has 0 unspecified atom stereocenters. The molecule has 2 N–H and O–H groups in total. The van der Waals surface area contributed by atoms with Crippen molar-refractivity contribution in [1.29, 1.82) is 0 Å². The van der Waals surface area contributed by atoms with Crippen LogP contribution in [-0.4, -0.2) is 41.3 Å². The van der Waals surface area contributed by atoms with E-state index in [0.717, 1.165) is 56.9 Å². The lowest BCUT2D eigenvalue weighted by Crippen LogP contribution is -2.37. The van der Waals surface area contributed by atoms with Crippen molar-refractivity contribution >= 4 is 28.3 Å². The largest absolute Gasteiger partial charge is 0.347 e. The van der Waals surface area contributed by atoms with Crippen molar-refractivity contribution in [3.63, 3.8) is 0 Å². The van der Waals surface area contributed by atoms with E-state index in [0.29, 0.717) is 5.13 Å². The van der Waals surface area contributed by atoms with Crippen LogP contribution < -0.4 is 10.6 Å². The second-order valence-corrected chi connectivity index (χ2v) is 8.56. The van der Waals surface area contributed by atoms with Crippen molar-refractivity contribution < 1.29 is 9.59 Å². The summed E-state index contributed by atoms with van der Waals surface area (Å²) in [6.45, 7) is 5.41. The Hall–Kier alpha value is -1.47. The van der Waals surface area contributed by atoms with Gasteiger partial charge in [0.25, 0.3) is 0 Å². The number of aromatic nitrogens is 1. The number of anilines is 1. The molecule has 0 atom stereocenters. The van der Waals surface area contributed by atoms with Gasteiger partial charge in [-0.2, -0.15) is 0 Å². The molecule has 2 heterocycles. The summed E-state index contributed by atoms with van der Waals surface area (Å²) in [4.78, 5) is 31.1. The second kappa shape index (κ2) is 9.46. The zero-order valence-corrected chi connectivity index (χ0v) is 16.4. The first-order valence-electron chi connectivity index (χ1n) is 9.84. The van der Waals surface area contributed by atoms with Crippen molar-refractivity contribution in [3.05, 3.63) is 11.1 Å². The Balaban J connectivity index is 1.39. The zero-order chi connectivity index (χ0) is 18.4. The van der Waals surface area contributed by atoms with Crippen LogP contribution in [0, 0.1) is 11.8 Å². The normalized spacial score (nSPS) is 20.0. The Morgan fingerprint density at radius 2 is 1.92 bits per heavy atom. The van der Waals surface area contributed by atoms with Gasteiger partial charge in [-0.1, -0.05) is 26.2 Å². The van der Waals surface area contributed by atoms with Crippen LogP contribution >= 0.6 is 11.3 Å². The van der Waals surface area contributed by atoms with Gasteiger partial charge < -0.3 is 10.6 Å². The summed E-state index contributed by atoms with van der Waals surface area (Å²) in [6, 6.07) is 0. The Morgan fingerprint density at radius 3 is 2.65 bits per heavy atom. The van der Waals surface area contributed by atoms with E-state index < -0.39 is 0 Å². The smallest absolute Gasteiger partial charge is 0.245 e. The molecular formula is C19H30N4O2S. The van der Waals surface area contributed by atoms with Gasteiger partial charge in [0, 0.05) is 17.8 Å². The van der Waals surface area contributed by atoms with E-state index in [1.165, 1.54) is 30.6 Å². The summed E-state index contributed by atoms with van der Waals surface area (Å²) in [5.41, 5.74) is 1.01. The van der Waals surface area contributed by atoms with Gasteiger partial charge in [-0.05, 0) is 44.7 Å². The van der Waals surface area contributed by atoms with Crippen LogP contribution in [-0.2, 0) is 16.1 Å². The number of rotatable bonds is 6. The lowest BCUT2D eigenvalue weighted by atomic mass is 9.89. The van der Waals surface area contributed by atoms with E-state index >= 15 is 0 Å². The maximum absolute atomic E-state index is 12.1. The molecule has 26 heavy (non-hydrogen) atoms. The van der Waals surface area contributed by atoms with Crippen LogP contribution in [0.15, 0.2) is 5.38 Å². The summed E-state index contributed by atoms with van der Waals surface area (Å²) in [6.07, 6.45) is 7.82. The van der Waals surface area contributed by atoms with Gasteiger partial charge in [0.05, 0.1) is 12.2 Å². The Morgan fingerprint density at radius 1 is 1.19 bits per heavy atom. The molecule has 6 nitrogen and oxygen atoms in total. The predicted molar refractivity (Wildman–Crippen MR) is 104 cm³/mol. The lowest BCUT2D eigenvalue weighted by molar-refractivity contribution is -0.128. The SMILES string of the molecule is CC1CCN(Cc2csc(NC(=O)CNC(=O)C3CCCCC3)n2)CC1. The maximum atomic E-state index is 12.1. The molecule has 144 valence electrons. The fraction of sp³-hybridized carbons (Fsp3) is 0.737. The number of nitrogens with one attached hydrogen (secondary N) is 2. The molecule has 1 aliphatic carbocycles. The third-order valence-electron chi connectivity index (χ3n) is 5.46. The van der Waals surface area contributed by atoms with Gasteiger partial charge in [-0.15, -0.1) is 11.3 Å². The molecule has 1 saturated carbocycles. The summed E-state index contributed by atoms with van der Waals surface area (Å²) in [5, 5.41) is 8.19. The highest BCUT2D eigenvalue weighted by Crippen LogP contribution is 2.23. The number of hydrogen-bond donors (Lipinski definition) is 2. The quantitative estimate of drug-likeness (QED) is 0.798. The minimum atomic E-state index is -0.207. The van der Waals surface area contributed by atoms with Gasteiger partial charge in [0.15, 0.2) is 5.13 Å². The molecule has 0 radical (unpaired) electrons. The molecule has 7 heteroatoms. The number of carbonyl (C=O) groups excluding carboxylic acids is 2. The monoisotopic (exact) mass is 378 g/mol. The average molecular weight is 379 g/mol. The van der Waals surface area contributed by atoms with E-state index in [2.05, 4.69) is 27.4 Å². The molecular weight excluding hydrogens is 348 g/mol. The minimum absolute atomic E-state index is 0.0130. The third-order valence-corrected chi connectivity index (χ3v) is 6.27. The van der Waals surface area contributed by atoms with Crippen LogP contribution in [0.1, 0.15) is 57.6 Å². The Bertz CT molecular complexity index is 604. The van der Waals surface area contributed by atoms with Crippen molar-refractivity contribution in [1.82, 2.24) is 15.2 Å². The first-order chi connectivity index (χ1) is 12.6. The fourth-order valence-corrected chi connectivity index (χ4v) is 4.44. The van der Waals surface area contributed by atoms with Gasteiger partial charge in [-0.25, -0.2) is 4.98 Å². The first-order valence-corrected chi connectivity index (χ1v) is 10.7. The molecule has 3 rings (SSSR count). The number of carbonyl (C=O) groups is 2. The summed E-state index contributed by atoms with van der Waals surface area (Å²) < 4.78 is 0. The van der Waals surface area contributed by atoms with Crippen LogP contribution in [0.5, 0.6) is 0 Å². The molecule has 0 aromatic carbocycles. The number of amides is 2. The number of nitrogens with zero attached hydrogens (tertiary/aromatic N) is 2. The third kappa shape index (κ3) is 5.77. The van der Waals surface area contributed by atoms with Crippen molar-refractivity contribution in [3.8, 4) is 0 Å². The fourth-order valence-electron chi connectivity index (χ4n) is 3.73. The summed E-state index contributed by atoms with van der Waals surface area (Å²) >= 11 is 1.45. The van der Waals surface area contributed by atoms with Crippen LogP contribution in [0.4, 0.5) is 5.13 Å². The molecule has 2 aliphatic rings. The molecule has 0 bridgehead atoms. The topological polar surface area (TPSA) is 74.3 Å². The van der Waals surface area contributed by atoms with Crippen molar-refractivity contribution in [2.45, 2.75) is 58.4 Å². The highest BCUT2D eigenvalue weighted by atomic mass is 32.1. The van der Waals surface area contributed by atoms with E-state index in [4.69, 9.17) is 0 Å². The van der Waals surface area contributed by atoms with Gasteiger partial charge >= 0.3 is 0 Å². The molecule has 1 aromatic rings. The van der Waals surface area contributed by atoms with E-state index in [1.807, 2.05) is 5.38 Å². The Kier molecular flexibility index (Phi) is 7.02. The average Bonchev–Trinajstić information content (AvgIpc) is 3.09. The van der Waals surface area contributed by atoms with Crippen LogP contribution in [0.3, 0.4) is 0 Å². The summed E-state index contributed by atoms with van der Waals surface area (Å²) in [5.74, 6) is 0.705. The molecule has 2 fully saturated rings. The number of hydrogen-bond acceptors (Lipinski definition) is 5. The van der Waals surface area contributed by atoms with Gasteiger partial charge in [-0.3, -0.25) is 14.5 Å². The molecule has 1 saturated heterocycles. The lowest BCUT2D eigenvalue weighted by Gasteiger charge is -2.29. The van der Waals surface area contributed by atoms with Crippen molar-refractivity contribution in [2.75, 3.05) is 25.0 Å². The Labute approximate surface area is 159 Å². The number of thiazole rings is 1. The van der Waals surface area contributed by atoms with Gasteiger partial charge in [0.1, 0.15) is 0 Å². The molecule has 2 amide bonds. The highest BCUT2D eigenvalue weighted by molar-refractivity contribution is 7.13. The van der Waals surface area contributed by atoms with Crippen LogP contribution in [0.2, 0.25) is 0 Å². The zero-order valence-electron chi connectivity index (χ0n) is 15.6. The number of piperidine rings is 1. The van der Waals surface area contributed by atoms with E-state index in [1.54, 1.807) is 0 Å². The highest BCUT2D eigenvalue weighted by Gasteiger charge is 2.21. The van der Waals surface area contributed by atoms with E-state index in [9.17, 15) is 9.59 Å². The first kappa shape index (κ1) is 19.3. The maximum Gasteiger partial charge on any atom is 0.245 e. The van der Waals surface area contributed by atoms with E-state index in [-0.39, 0.29) is 24.3 Å². The standard InChI is InChI=1S/C19H30N4O2S/c1-14-7-9-23(10-8-14)12-16-13-26-19(21-16)22-17(24)11-20-18(25)15-5-3-2-4-6-15/h13-15H,2-12H2,1H3,(H,20,25)(H,21,22,24). The molecule has 1 aliphatic heterocycles. The predicted octanol–water partition coefficient (Wildman–Crippen LogP) is 3.01.